The van der Waals surface area contributed by atoms with Crippen molar-refractivity contribution in [3.8, 4) is 0 Å². The summed E-state index contributed by atoms with van der Waals surface area (Å²) in [7, 11) is 0. The van der Waals surface area contributed by atoms with E-state index in [1.165, 1.54) is 0 Å². The molecule has 1 aromatic rings. The largest absolute Gasteiger partial charge is 0.338 e. The number of hydrazine groups is 1. The summed E-state index contributed by atoms with van der Waals surface area (Å²) in [6, 6.07) is 3.51. The summed E-state index contributed by atoms with van der Waals surface area (Å²) in [5, 5.41) is 0. The fourth-order valence-corrected chi connectivity index (χ4v) is 2.40. The van der Waals surface area contributed by atoms with E-state index in [1.54, 1.807) is 6.07 Å². The van der Waals surface area contributed by atoms with Gasteiger partial charge >= 0.3 is 0 Å². The average Bonchev–Trinajstić information content (AvgIpc) is 2.85. The highest BCUT2D eigenvalue weighted by Gasteiger charge is 2.26. The molecule has 1 aromatic heterocycles. The van der Waals surface area contributed by atoms with Gasteiger partial charge in [-0.3, -0.25) is 4.79 Å². The molecule has 0 aliphatic carbocycles. The number of nitrogen functional groups attached to an aromatic ring is 1. The molecule has 1 saturated heterocycles. The van der Waals surface area contributed by atoms with E-state index in [2.05, 4.69) is 17.3 Å². The standard InChI is InChI=1S/C13H20N4O/c1-3-10-4-5-17(8-10)13(18)11-6-9(2)15-12(7-11)16-14/h6-7,10H,3-5,8,14H2,1-2H3,(H,15,16). The van der Waals surface area contributed by atoms with Crippen LogP contribution in [0, 0.1) is 12.8 Å². The minimum absolute atomic E-state index is 0.0768. The predicted molar refractivity (Wildman–Crippen MR) is 71.1 cm³/mol. The first-order chi connectivity index (χ1) is 8.63. The fraction of sp³-hybridized carbons (Fsp3) is 0.538. The van der Waals surface area contributed by atoms with Crippen LogP contribution in [0.1, 0.15) is 35.8 Å². The molecule has 1 atom stereocenters. The maximum absolute atomic E-state index is 12.4. The molecule has 1 aliphatic heterocycles. The Labute approximate surface area is 107 Å². The zero-order valence-electron chi connectivity index (χ0n) is 10.9. The lowest BCUT2D eigenvalue weighted by atomic mass is 10.1. The molecule has 1 amide bonds. The van der Waals surface area contributed by atoms with Gasteiger partial charge in [0.15, 0.2) is 0 Å². The summed E-state index contributed by atoms with van der Waals surface area (Å²) in [5.74, 6) is 6.60. The van der Waals surface area contributed by atoms with Gasteiger partial charge in [-0.15, -0.1) is 0 Å². The minimum Gasteiger partial charge on any atom is -0.338 e. The van der Waals surface area contributed by atoms with Crippen LogP contribution < -0.4 is 11.3 Å². The van der Waals surface area contributed by atoms with Crippen LogP contribution in [0.5, 0.6) is 0 Å². The molecule has 0 aromatic carbocycles. The number of amides is 1. The van der Waals surface area contributed by atoms with Crippen molar-refractivity contribution >= 4 is 11.7 Å². The molecule has 0 bridgehead atoms. The second-order valence-electron chi connectivity index (χ2n) is 4.84. The van der Waals surface area contributed by atoms with E-state index in [4.69, 9.17) is 5.84 Å². The number of anilines is 1. The number of hydrogen-bond acceptors (Lipinski definition) is 4. The van der Waals surface area contributed by atoms with Crippen molar-refractivity contribution in [2.75, 3.05) is 18.5 Å². The van der Waals surface area contributed by atoms with Crippen LogP contribution in [-0.4, -0.2) is 28.9 Å². The lowest BCUT2D eigenvalue weighted by Crippen LogP contribution is -2.29. The van der Waals surface area contributed by atoms with E-state index >= 15 is 0 Å². The number of aryl methyl sites for hydroxylation is 1. The fourth-order valence-electron chi connectivity index (χ4n) is 2.40. The zero-order chi connectivity index (χ0) is 13.1. The smallest absolute Gasteiger partial charge is 0.254 e. The van der Waals surface area contributed by atoms with Crippen molar-refractivity contribution in [1.82, 2.24) is 9.88 Å². The van der Waals surface area contributed by atoms with Crippen LogP contribution in [0.15, 0.2) is 12.1 Å². The topological polar surface area (TPSA) is 71.2 Å². The molecule has 0 radical (unpaired) electrons. The van der Waals surface area contributed by atoms with Gasteiger partial charge in [-0.1, -0.05) is 13.3 Å². The third-order valence-corrected chi connectivity index (χ3v) is 3.50. The first-order valence-corrected chi connectivity index (χ1v) is 6.38. The Balaban J connectivity index is 2.16. The van der Waals surface area contributed by atoms with Crippen LogP contribution in [-0.2, 0) is 0 Å². The van der Waals surface area contributed by atoms with E-state index in [-0.39, 0.29) is 5.91 Å². The normalized spacial score (nSPS) is 19.1. The molecule has 2 heterocycles. The predicted octanol–water partition coefficient (Wildman–Crippen LogP) is 1.55. The Bertz CT molecular complexity index is 447. The number of pyridine rings is 1. The molecular weight excluding hydrogens is 228 g/mol. The summed E-state index contributed by atoms with van der Waals surface area (Å²) in [6.45, 7) is 5.74. The Morgan fingerprint density at radius 2 is 2.39 bits per heavy atom. The van der Waals surface area contributed by atoms with E-state index < -0.39 is 0 Å². The third-order valence-electron chi connectivity index (χ3n) is 3.50. The first kappa shape index (κ1) is 12.8. The van der Waals surface area contributed by atoms with Crippen molar-refractivity contribution < 1.29 is 4.79 Å². The number of aromatic nitrogens is 1. The molecule has 1 fully saturated rings. The van der Waals surface area contributed by atoms with Crippen molar-refractivity contribution in [1.29, 1.82) is 0 Å². The molecule has 2 rings (SSSR count). The average molecular weight is 248 g/mol. The van der Waals surface area contributed by atoms with Gasteiger partial charge in [0.1, 0.15) is 5.82 Å². The number of rotatable bonds is 3. The van der Waals surface area contributed by atoms with Gasteiger partial charge in [0, 0.05) is 24.3 Å². The van der Waals surface area contributed by atoms with E-state index in [1.807, 2.05) is 17.9 Å². The number of carbonyl (C=O) groups excluding carboxylic acids is 1. The maximum atomic E-state index is 12.4. The molecule has 5 nitrogen and oxygen atoms in total. The van der Waals surface area contributed by atoms with Crippen LogP contribution in [0.4, 0.5) is 5.82 Å². The number of carbonyl (C=O) groups is 1. The first-order valence-electron chi connectivity index (χ1n) is 6.38. The second kappa shape index (κ2) is 5.35. The molecule has 0 spiro atoms. The monoisotopic (exact) mass is 248 g/mol. The summed E-state index contributed by atoms with van der Waals surface area (Å²) in [5.41, 5.74) is 3.94. The molecule has 1 aliphatic rings. The van der Waals surface area contributed by atoms with Crippen LogP contribution >= 0.6 is 0 Å². The lowest BCUT2D eigenvalue weighted by molar-refractivity contribution is 0.0786. The van der Waals surface area contributed by atoms with Gasteiger partial charge in [-0.25, -0.2) is 10.8 Å². The molecular formula is C13H20N4O. The van der Waals surface area contributed by atoms with Crippen molar-refractivity contribution in [2.24, 2.45) is 11.8 Å². The molecule has 98 valence electrons. The Kier molecular flexibility index (Phi) is 3.81. The van der Waals surface area contributed by atoms with Crippen LogP contribution in [0.2, 0.25) is 0 Å². The zero-order valence-corrected chi connectivity index (χ0v) is 10.9. The summed E-state index contributed by atoms with van der Waals surface area (Å²) in [4.78, 5) is 18.5. The second-order valence-corrected chi connectivity index (χ2v) is 4.84. The number of nitrogens with zero attached hydrogens (tertiary/aromatic N) is 2. The van der Waals surface area contributed by atoms with Crippen molar-refractivity contribution in [2.45, 2.75) is 26.7 Å². The van der Waals surface area contributed by atoms with Gasteiger partial charge < -0.3 is 10.3 Å². The van der Waals surface area contributed by atoms with E-state index in [9.17, 15) is 4.79 Å². The Morgan fingerprint density at radius 3 is 3.00 bits per heavy atom. The molecule has 18 heavy (non-hydrogen) atoms. The summed E-state index contributed by atoms with van der Waals surface area (Å²) >= 11 is 0. The number of nitrogens with one attached hydrogen (secondary N) is 1. The summed E-state index contributed by atoms with van der Waals surface area (Å²) < 4.78 is 0. The molecule has 3 N–H and O–H groups in total. The SMILES string of the molecule is CCC1CCN(C(=O)c2cc(C)nc(NN)c2)C1. The molecule has 1 unspecified atom stereocenters. The number of nitrogens with two attached hydrogens (primary N) is 1. The lowest BCUT2D eigenvalue weighted by Gasteiger charge is -2.17. The maximum Gasteiger partial charge on any atom is 0.254 e. The van der Waals surface area contributed by atoms with Crippen LogP contribution in [0.3, 0.4) is 0 Å². The van der Waals surface area contributed by atoms with Gasteiger partial charge in [0.2, 0.25) is 0 Å². The highest BCUT2D eigenvalue weighted by atomic mass is 16.2. The molecule has 0 saturated carbocycles. The minimum atomic E-state index is 0.0768. The van der Waals surface area contributed by atoms with Gasteiger partial charge in [0.05, 0.1) is 0 Å². The van der Waals surface area contributed by atoms with Crippen molar-refractivity contribution in [3.63, 3.8) is 0 Å². The van der Waals surface area contributed by atoms with Gasteiger partial charge in [0.25, 0.3) is 5.91 Å². The quantitative estimate of drug-likeness (QED) is 0.629. The highest BCUT2D eigenvalue weighted by Crippen LogP contribution is 2.21. The Hall–Kier alpha value is -1.62. The van der Waals surface area contributed by atoms with Gasteiger partial charge in [-0.05, 0) is 31.4 Å². The number of likely N-dealkylation sites (tertiary alicyclic amines) is 1. The van der Waals surface area contributed by atoms with Crippen molar-refractivity contribution in [3.05, 3.63) is 23.4 Å². The van der Waals surface area contributed by atoms with E-state index in [0.29, 0.717) is 17.3 Å². The highest BCUT2D eigenvalue weighted by molar-refractivity contribution is 5.95. The number of hydrogen-bond donors (Lipinski definition) is 2. The summed E-state index contributed by atoms with van der Waals surface area (Å²) in [6.07, 6.45) is 2.24. The van der Waals surface area contributed by atoms with Crippen LogP contribution in [0.25, 0.3) is 0 Å². The third kappa shape index (κ3) is 2.61. The van der Waals surface area contributed by atoms with E-state index in [0.717, 1.165) is 31.6 Å². The Morgan fingerprint density at radius 1 is 1.61 bits per heavy atom. The molecule has 5 heteroatoms. The van der Waals surface area contributed by atoms with Gasteiger partial charge in [-0.2, -0.15) is 0 Å².